The minimum Gasteiger partial charge on any atom is -0.381 e. The summed E-state index contributed by atoms with van der Waals surface area (Å²) in [5.74, 6) is 0.757. The molecule has 0 atom stereocenters. The third-order valence-electron chi connectivity index (χ3n) is 4.02. The first-order chi connectivity index (χ1) is 12.3. The van der Waals surface area contributed by atoms with Gasteiger partial charge in [-0.25, -0.2) is 4.98 Å². The van der Waals surface area contributed by atoms with Crippen molar-refractivity contribution >= 4 is 22.7 Å². The Balaban J connectivity index is 2.16. The van der Waals surface area contributed by atoms with Gasteiger partial charge < -0.3 is 4.74 Å². The van der Waals surface area contributed by atoms with Crippen LogP contribution in [0.3, 0.4) is 0 Å². The molecule has 3 aromatic rings. The zero-order valence-electron chi connectivity index (χ0n) is 14.6. The first-order valence-corrected chi connectivity index (χ1v) is 9.55. The van der Waals surface area contributed by atoms with Crippen molar-refractivity contribution in [1.29, 1.82) is 0 Å². The Bertz CT molecular complexity index is 921. The van der Waals surface area contributed by atoms with E-state index in [0.29, 0.717) is 23.8 Å². The number of hydrogen-bond donors (Lipinski definition) is 0. The zero-order chi connectivity index (χ0) is 17.6. The van der Waals surface area contributed by atoms with Crippen molar-refractivity contribution < 1.29 is 4.74 Å². The summed E-state index contributed by atoms with van der Waals surface area (Å²) in [6.07, 6.45) is 0.860. The topological polar surface area (TPSA) is 44.1 Å². The lowest BCUT2D eigenvalue weighted by atomic mass is 10.1. The lowest BCUT2D eigenvalue weighted by molar-refractivity contribution is 0.164. The molecular weight excluding hydrogens is 332 g/mol. The third kappa shape index (κ3) is 3.78. The van der Waals surface area contributed by atoms with Crippen LogP contribution in [-0.4, -0.2) is 28.5 Å². The van der Waals surface area contributed by atoms with Gasteiger partial charge in [0, 0.05) is 12.4 Å². The monoisotopic (exact) mass is 354 g/mol. The predicted molar refractivity (Wildman–Crippen MR) is 104 cm³/mol. The number of benzene rings is 2. The second-order valence-electron chi connectivity index (χ2n) is 5.58. The van der Waals surface area contributed by atoms with E-state index in [0.717, 1.165) is 28.9 Å². The molecule has 130 valence electrons. The van der Waals surface area contributed by atoms with Gasteiger partial charge >= 0.3 is 0 Å². The smallest absolute Gasteiger partial charge is 0.266 e. The molecule has 4 nitrogen and oxygen atoms in total. The molecule has 0 aliphatic heterocycles. The van der Waals surface area contributed by atoms with Crippen molar-refractivity contribution in [3.63, 3.8) is 0 Å². The molecule has 0 spiro atoms. The van der Waals surface area contributed by atoms with E-state index in [1.54, 1.807) is 16.3 Å². The van der Waals surface area contributed by atoms with Crippen molar-refractivity contribution in [1.82, 2.24) is 9.55 Å². The molecule has 0 N–H and O–H groups in total. The Labute approximate surface area is 151 Å². The maximum atomic E-state index is 13.2. The number of nitrogens with zero attached hydrogens (tertiary/aromatic N) is 2. The number of thioether (sulfide) groups is 1. The summed E-state index contributed by atoms with van der Waals surface area (Å²) >= 11 is 1.56. The van der Waals surface area contributed by atoms with Crippen LogP contribution in [0, 0.1) is 0 Å². The molecule has 0 bridgehead atoms. The van der Waals surface area contributed by atoms with Crippen LogP contribution in [0.25, 0.3) is 16.6 Å². The van der Waals surface area contributed by atoms with E-state index in [9.17, 15) is 4.79 Å². The van der Waals surface area contributed by atoms with Gasteiger partial charge in [0.15, 0.2) is 5.16 Å². The van der Waals surface area contributed by atoms with Crippen LogP contribution in [0.4, 0.5) is 0 Å². The molecule has 0 saturated heterocycles. The first-order valence-electron chi connectivity index (χ1n) is 8.56. The largest absolute Gasteiger partial charge is 0.381 e. The van der Waals surface area contributed by atoms with Crippen molar-refractivity contribution in [3.8, 4) is 5.69 Å². The number of hydrogen-bond acceptors (Lipinski definition) is 4. The third-order valence-corrected chi connectivity index (χ3v) is 4.92. The van der Waals surface area contributed by atoms with Crippen molar-refractivity contribution in [2.75, 3.05) is 19.0 Å². The van der Waals surface area contributed by atoms with E-state index in [1.807, 2.05) is 49.4 Å². The van der Waals surface area contributed by atoms with Crippen molar-refractivity contribution in [2.45, 2.75) is 25.4 Å². The molecule has 2 aromatic carbocycles. The predicted octanol–water partition coefficient (Wildman–Crippen LogP) is 4.08. The average Bonchev–Trinajstić information content (AvgIpc) is 2.65. The molecule has 0 amide bonds. The van der Waals surface area contributed by atoms with Crippen LogP contribution >= 0.6 is 11.8 Å². The molecule has 0 aliphatic rings. The second kappa shape index (κ2) is 8.32. The van der Waals surface area contributed by atoms with Gasteiger partial charge in [0.2, 0.25) is 0 Å². The lowest BCUT2D eigenvalue weighted by Gasteiger charge is -2.16. The Kier molecular flexibility index (Phi) is 5.89. The number of aromatic nitrogens is 2. The molecule has 5 heteroatoms. The van der Waals surface area contributed by atoms with E-state index >= 15 is 0 Å². The minimum atomic E-state index is -0.0228. The molecule has 1 heterocycles. The fourth-order valence-corrected chi connectivity index (χ4v) is 3.64. The number of aryl methyl sites for hydroxylation is 1. The Morgan fingerprint density at radius 3 is 2.64 bits per heavy atom. The van der Waals surface area contributed by atoms with E-state index in [2.05, 4.69) is 13.0 Å². The van der Waals surface area contributed by atoms with E-state index < -0.39 is 0 Å². The van der Waals surface area contributed by atoms with Gasteiger partial charge in [0.1, 0.15) is 0 Å². The van der Waals surface area contributed by atoms with Gasteiger partial charge in [0.25, 0.3) is 5.56 Å². The second-order valence-corrected chi connectivity index (χ2v) is 6.64. The average molecular weight is 354 g/mol. The standard InChI is InChI=1S/C20H22N2O2S/c1-3-15-9-5-8-12-18(15)22-19(23)16-10-6-7-11-17(16)21-20(22)25-14-13-24-4-2/h5-12H,3-4,13-14H2,1-2H3. The summed E-state index contributed by atoms with van der Waals surface area (Å²) in [6.45, 7) is 5.41. The van der Waals surface area contributed by atoms with Gasteiger partial charge in [-0.1, -0.05) is 49.0 Å². The Morgan fingerprint density at radius 2 is 1.84 bits per heavy atom. The summed E-state index contributed by atoms with van der Waals surface area (Å²) in [7, 11) is 0. The van der Waals surface area contributed by atoms with Gasteiger partial charge in [-0.2, -0.15) is 0 Å². The molecule has 3 rings (SSSR count). The number of rotatable bonds is 7. The summed E-state index contributed by atoms with van der Waals surface area (Å²) in [6, 6.07) is 15.5. The zero-order valence-corrected chi connectivity index (χ0v) is 15.4. The molecule has 0 saturated carbocycles. The van der Waals surface area contributed by atoms with Crippen LogP contribution in [0.15, 0.2) is 58.5 Å². The highest BCUT2D eigenvalue weighted by Crippen LogP contribution is 2.23. The summed E-state index contributed by atoms with van der Waals surface area (Å²) in [5.41, 5.74) is 2.75. The molecule has 0 radical (unpaired) electrons. The van der Waals surface area contributed by atoms with E-state index in [4.69, 9.17) is 9.72 Å². The van der Waals surface area contributed by atoms with Gasteiger partial charge in [-0.05, 0) is 37.1 Å². The maximum absolute atomic E-state index is 13.2. The van der Waals surface area contributed by atoms with Gasteiger partial charge in [0.05, 0.1) is 23.2 Å². The first kappa shape index (κ1) is 17.7. The maximum Gasteiger partial charge on any atom is 0.266 e. The summed E-state index contributed by atoms with van der Waals surface area (Å²) in [4.78, 5) is 17.9. The summed E-state index contributed by atoms with van der Waals surface area (Å²) in [5, 5.41) is 1.35. The quantitative estimate of drug-likeness (QED) is 0.364. The normalized spacial score (nSPS) is 11.1. The highest BCUT2D eigenvalue weighted by molar-refractivity contribution is 7.99. The van der Waals surface area contributed by atoms with Gasteiger partial charge in [-0.15, -0.1) is 0 Å². The van der Waals surface area contributed by atoms with Crippen LogP contribution in [-0.2, 0) is 11.2 Å². The molecule has 1 aromatic heterocycles. The SMILES string of the molecule is CCOCCSc1nc2ccccc2c(=O)n1-c1ccccc1CC. The Morgan fingerprint density at radius 1 is 1.08 bits per heavy atom. The number of ether oxygens (including phenoxy) is 1. The number of fused-ring (bicyclic) bond motifs is 1. The molecular formula is C20H22N2O2S. The molecule has 0 unspecified atom stereocenters. The molecule has 25 heavy (non-hydrogen) atoms. The van der Waals surface area contributed by atoms with Crippen LogP contribution < -0.4 is 5.56 Å². The molecule has 0 fully saturated rings. The minimum absolute atomic E-state index is 0.0228. The van der Waals surface area contributed by atoms with Crippen LogP contribution in [0.1, 0.15) is 19.4 Å². The van der Waals surface area contributed by atoms with Crippen molar-refractivity contribution in [3.05, 3.63) is 64.4 Å². The Hall–Kier alpha value is -2.11. The van der Waals surface area contributed by atoms with E-state index in [-0.39, 0.29) is 5.56 Å². The van der Waals surface area contributed by atoms with Crippen molar-refractivity contribution in [2.24, 2.45) is 0 Å². The van der Waals surface area contributed by atoms with Crippen LogP contribution in [0.2, 0.25) is 0 Å². The fourth-order valence-electron chi connectivity index (χ4n) is 2.79. The van der Waals surface area contributed by atoms with E-state index in [1.165, 1.54) is 0 Å². The highest BCUT2D eigenvalue weighted by atomic mass is 32.2. The summed E-state index contributed by atoms with van der Waals surface area (Å²) < 4.78 is 7.18. The van der Waals surface area contributed by atoms with Crippen LogP contribution in [0.5, 0.6) is 0 Å². The molecule has 0 aliphatic carbocycles. The highest BCUT2D eigenvalue weighted by Gasteiger charge is 2.15. The number of para-hydroxylation sites is 2. The van der Waals surface area contributed by atoms with Gasteiger partial charge in [-0.3, -0.25) is 9.36 Å². The lowest BCUT2D eigenvalue weighted by Crippen LogP contribution is -2.23. The fraction of sp³-hybridized carbons (Fsp3) is 0.300.